The fourth-order valence-corrected chi connectivity index (χ4v) is 3.25. The number of hydrogen-bond donors (Lipinski definition) is 1. The molecule has 0 saturated carbocycles. The van der Waals surface area contributed by atoms with Gasteiger partial charge in [-0.05, 0) is 43.2 Å². The van der Waals surface area contributed by atoms with Crippen LogP contribution in [-0.4, -0.2) is 23.3 Å². The Morgan fingerprint density at radius 1 is 1.27 bits per heavy atom. The van der Waals surface area contributed by atoms with Gasteiger partial charge in [0.2, 0.25) is 5.91 Å². The third-order valence-corrected chi connectivity index (χ3v) is 4.57. The summed E-state index contributed by atoms with van der Waals surface area (Å²) < 4.78 is 0. The van der Waals surface area contributed by atoms with Crippen molar-refractivity contribution in [1.29, 1.82) is 0 Å². The molecule has 0 aromatic heterocycles. The van der Waals surface area contributed by atoms with Crippen LogP contribution < -0.4 is 10.2 Å². The van der Waals surface area contributed by atoms with Crippen molar-refractivity contribution in [2.24, 2.45) is 0 Å². The number of hydrogen-bond acceptors (Lipinski definition) is 4. The van der Waals surface area contributed by atoms with Crippen molar-refractivity contribution in [3.8, 4) is 0 Å². The maximum atomic E-state index is 12.4. The maximum absolute atomic E-state index is 12.4. The normalized spacial score (nSPS) is 13.3. The second kappa shape index (κ2) is 7.13. The first-order valence-corrected chi connectivity index (χ1v) is 8.47. The zero-order valence-electron chi connectivity index (χ0n) is 14.0. The number of carbonyl (C=O) groups excluding carboxylic acids is 2. The summed E-state index contributed by atoms with van der Waals surface area (Å²) in [5, 5.41) is 13.5. The molecule has 1 aliphatic heterocycles. The van der Waals surface area contributed by atoms with Crippen LogP contribution in [0.1, 0.15) is 29.3 Å². The van der Waals surface area contributed by atoms with Gasteiger partial charge in [-0.3, -0.25) is 19.7 Å². The molecule has 134 valence electrons. The number of anilines is 2. The van der Waals surface area contributed by atoms with Gasteiger partial charge < -0.3 is 10.2 Å². The Labute approximate surface area is 154 Å². The number of fused-ring (bicyclic) bond motifs is 1. The predicted molar refractivity (Wildman–Crippen MR) is 98.8 cm³/mol. The molecule has 0 spiro atoms. The van der Waals surface area contributed by atoms with E-state index in [1.54, 1.807) is 11.0 Å². The number of rotatable bonds is 4. The van der Waals surface area contributed by atoms with E-state index in [4.69, 9.17) is 11.6 Å². The monoisotopic (exact) mass is 373 g/mol. The lowest BCUT2D eigenvalue weighted by Crippen LogP contribution is -2.34. The van der Waals surface area contributed by atoms with Crippen LogP contribution in [0.25, 0.3) is 0 Å². The van der Waals surface area contributed by atoms with Gasteiger partial charge in [0.25, 0.3) is 11.6 Å². The van der Waals surface area contributed by atoms with Crippen molar-refractivity contribution < 1.29 is 14.5 Å². The quantitative estimate of drug-likeness (QED) is 0.651. The highest BCUT2D eigenvalue weighted by Gasteiger charge is 2.23. The third kappa shape index (κ3) is 3.39. The van der Waals surface area contributed by atoms with E-state index in [0.29, 0.717) is 25.1 Å². The van der Waals surface area contributed by atoms with E-state index in [2.05, 4.69) is 5.32 Å². The molecule has 0 bridgehead atoms. The number of aryl methyl sites for hydroxylation is 1. The fraction of sp³-hybridized carbons (Fsp3) is 0.222. The molecule has 7 nitrogen and oxygen atoms in total. The number of nitrogens with zero attached hydrogens (tertiary/aromatic N) is 2. The number of non-ortho nitro benzene ring substituents is 1. The Hall–Kier alpha value is -2.93. The van der Waals surface area contributed by atoms with E-state index in [0.717, 1.165) is 17.3 Å². The molecule has 0 atom stereocenters. The first-order chi connectivity index (χ1) is 12.4. The Balaban J connectivity index is 1.82. The van der Waals surface area contributed by atoms with Crippen LogP contribution in [-0.2, 0) is 11.2 Å². The van der Waals surface area contributed by atoms with Crippen molar-refractivity contribution >= 4 is 40.5 Å². The third-order valence-electron chi connectivity index (χ3n) is 4.26. The summed E-state index contributed by atoms with van der Waals surface area (Å²) >= 11 is 5.99. The van der Waals surface area contributed by atoms with Crippen LogP contribution in [0.15, 0.2) is 36.4 Å². The second-order valence-corrected chi connectivity index (χ2v) is 6.26. The van der Waals surface area contributed by atoms with Crippen molar-refractivity contribution in [2.45, 2.75) is 19.8 Å². The smallest absolute Gasteiger partial charge is 0.270 e. The molecule has 0 fully saturated rings. The second-order valence-electron chi connectivity index (χ2n) is 5.86. The average molecular weight is 374 g/mol. The molecule has 0 radical (unpaired) electrons. The predicted octanol–water partition coefficient (Wildman–Crippen LogP) is 3.80. The number of nitro groups is 1. The molecular weight excluding hydrogens is 358 g/mol. The van der Waals surface area contributed by atoms with Crippen molar-refractivity contribution in [3.05, 3.63) is 62.7 Å². The molecule has 0 saturated heterocycles. The summed E-state index contributed by atoms with van der Waals surface area (Å²) in [6, 6.07) is 9.07. The van der Waals surface area contributed by atoms with E-state index < -0.39 is 10.8 Å². The summed E-state index contributed by atoms with van der Waals surface area (Å²) in [6.45, 7) is 2.51. The highest BCUT2D eigenvalue weighted by Crippen LogP contribution is 2.30. The number of nitrogens with one attached hydrogen (secondary N) is 1. The molecule has 0 unspecified atom stereocenters. The van der Waals surface area contributed by atoms with Crippen LogP contribution in [0.5, 0.6) is 0 Å². The molecule has 1 heterocycles. The van der Waals surface area contributed by atoms with Gasteiger partial charge in [-0.15, -0.1) is 0 Å². The van der Waals surface area contributed by atoms with Gasteiger partial charge in [0.15, 0.2) is 0 Å². The number of nitro benzene ring substituents is 1. The first-order valence-electron chi connectivity index (χ1n) is 8.09. The van der Waals surface area contributed by atoms with Crippen LogP contribution in [0.2, 0.25) is 5.02 Å². The minimum absolute atomic E-state index is 0.0115. The number of amides is 2. The van der Waals surface area contributed by atoms with E-state index in [-0.39, 0.29) is 22.2 Å². The van der Waals surface area contributed by atoms with E-state index in [1.807, 2.05) is 19.1 Å². The minimum Gasteiger partial charge on any atom is -0.322 e. The molecule has 26 heavy (non-hydrogen) atoms. The lowest BCUT2D eigenvalue weighted by atomic mass is 10.0. The van der Waals surface area contributed by atoms with Gasteiger partial charge in [0.05, 0.1) is 15.5 Å². The lowest BCUT2D eigenvalue weighted by Gasteiger charge is -2.28. The first kappa shape index (κ1) is 17.9. The SMILES string of the molecule is CCN1C(=O)CCc2cc(NC(=O)c3ccc([N+](=O)[O-])cc3Cl)ccc21. The molecule has 3 rings (SSSR count). The summed E-state index contributed by atoms with van der Waals surface area (Å²) in [6.07, 6.45) is 1.05. The zero-order valence-corrected chi connectivity index (χ0v) is 14.7. The lowest BCUT2D eigenvalue weighted by molar-refractivity contribution is -0.384. The summed E-state index contributed by atoms with van der Waals surface area (Å²) in [5.74, 6) is -0.362. The summed E-state index contributed by atoms with van der Waals surface area (Å²) in [4.78, 5) is 36.3. The minimum atomic E-state index is -0.572. The van der Waals surface area contributed by atoms with Gasteiger partial charge in [0.1, 0.15) is 0 Å². The van der Waals surface area contributed by atoms with Gasteiger partial charge in [-0.1, -0.05) is 11.6 Å². The summed E-state index contributed by atoms with van der Waals surface area (Å²) in [5.41, 5.74) is 2.40. The zero-order chi connectivity index (χ0) is 18.8. The van der Waals surface area contributed by atoms with Crippen LogP contribution in [0.4, 0.5) is 17.1 Å². The molecule has 1 aliphatic rings. The summed E-state index contributed by atoms with van der Waals surface area (Å²) in [7, 11) is 0. The van der Waals surface area contributed by atoms with E-state index in [9.17, 15) is 19.7 Å². The van der Waals surface area contributed by atoms with Gasteiger partial charge in [0, 0.05) is 36.5 Å². The van der Waals surface area contributed by atoms with Crippen molar-refractivity contribution in [2.75, 3.05) is 16.8 Å². The fourth-order valence-electron chi connectivity index (χ4n) is 2.98. The highest BCUT2D eigenvalue weighted by molar-refractivity contribution is 6.34. The van der Waals surface area contributed by atoms with Gasteiger partial charge >= 0.3 is 0 Å². The molecule has 2 aromatic rings. The number of carbonyl (C=O) groups is 2. The molecular formula is C18H16ClN3O4. The Kier molecular flexibility index (Phi) is 4.90. The van der Waals surface area contributed by atoms with Crippen LogP contribution in [0.3, 0.4) is 0 Å². The standard InChI is InChI=1S/C18H16ClN3O4/c1-2-21-16-7-4-12(9-11(16)3-8-17(21)23)20-18(24)14-6-5-13(22(25)26)10-15(14)19/h4-7,9-10H,2-3,8H2,1H3,(H,20,24). The van der Waals surface area contributed by atoms with E-state index >= 15 is 0 Å². The van der Waals surface area contributed by atoms with Crippen molar-refractivity contribution in [1.82, 2.24) is 0 Å². The molecule has 1 N–H and O–H groups in total. The molecule has 2 aromatic carbocycles. The Bertz CT molecular complexity index is 913. The number of benzene rings is 2. The van der Waals surface area contributed by atoms with Gasteiger partial charge in [-0.25, -0.2) is 0 Å². The Morgan fingerprint density at radius 3 is 2.69 bits per heavy atom. The van der Waals surface area contributed by atoms with Crippen LogP contribution >= 0.6 is 11.6 Å². The number of halogens is 1. The topological polar surface area (TPSA) is 92.6 Å². The largest absolute Gasteiger partial charge is 0.322 e. The average Bonchev–Trinajstić information content (AvgIpc) is 2.61. The highest BCUT2D eigenvalue weighted by atomic mass is 35.5. The van der Waals surface area contributed by atoms with E-state index in [1.165, 1.54) is 12.1 Å². The molecule has 2 amide bonds. The molecule has 0 aliphatic carbocycles. The maximum Gasteiger partial charge on any atom is 0.270 e. The van der Waals surface area contributed by atoms with Gasteiger partial charge in [-0.2, -0.15) is 0 Å². The molecule has 8 heteroatoms. The van der Waals surface area contributed by atoms with Crippen LogP contribution in [0, 0.1) is 10.1 Å². The Morgan fingerprint density at radius 2 is 2.04 bits per heavy atom. The van der Waals surface area contributed by atoms with Crippen molar-refractivity contribution in [3.63, 3.8) is 0 Å².